The van der Waals surface area contributed by atoms with Gasteiger partial charge in [-0.05, 0) is 0 Å². The number of rotatable bonds is 2. The van der Waals surface area contributed by atoms with Crippen LogP contribution in [-0.4, -0.2) is 59.8 Å². The summed E-state index contributed by atoms with van der Waals surface area (Å²) in [5.41, 5.74) is 5.12. The molecule has 0 amide bonds. The molecular weight excluding hydrogens is 270 g/mol. The summed E-state index contributed by atoms with van der Waals surface area (Å²) in [5.74, 6) is -0.101. The largest absolute Gasteiger partial charge is 0.394 e. The molecule has 0 radical (unpaired) electrons. The zero-order chi connectivity index (χ0) is 14.4. The number of aromatic amines is 1. The summed E-state index contributed by atoms with van der Waals surface area (Å²) < 4.78 is 6.64. The van der Waals surface area contributed by atoms with Gasteiger partial charge in [-0.1, -0.05) is 0 Å². The molecule has 4 atom stereocenters. The molecule has 3 heterocycles. The molecule has 20 heavy (non-hydrogen) atoms. The van der Waals surface area contributed by atoms with Crippen LogP contribution in [-0.2, 0) is 4.74 Å². The minimum Gasteiger partial charge on any atom is -0.394 e. The highest BCUT2D eigenvalue weighted by Crippen LogP contribution is 2.30. The lowest BCUT2D eigenvalue weighted by Crippen LogP contribution is -2.33. The molecule has 3 rings (SSSR count). The number of hydrogen-bond donors (Lipinski definition) is 5. The minimum absolute atomic E-state index is 0.0388. The molecule has 1 saturated heterocycles. The standard InChI is InChI=1S/C10H13N5O5/c11-10-13-7-4(8(19)14-10)12-2-15(7)9-6(18)5(17)3(1-16)20-9/h2-3,5-6,9,16-18H,1H2,(H3,11,13,14,19)/t3-,5+,6+,9+/m0/s1. The molecule has 0 bridgehead atoms. The number of fused-ring (bicyclic) bond motifs is 1. The van der Waals surface area contributed by atoms with E-state index in [1.807, 2.05) is 0 Å². The van der Waals surface area contributed by atoms with Crippen LogP contribution < -0.4 is 11.3 Å². The van der Waals surface area contributed by atoms with Crippen LogP contribution in [0.25, 0.3) is 11.2 Å². The number of imidazole rings is 1. The van der Waals surface area contributed by atoms with E-state index in [1.54, 1.807) is 0 Å². The fraction of sp³-hybridized carbons (Fsp3) is 0.500. The van der Waals surface area contributed by atoms with Gasteiger partial charge in [-0.3, -0.25) is 14.3 Å². The zero-order valence-corrected chi connectivity index (χ0v) is 10.2. The Morgan fingerprint density at radius 2 is 2.20 bits per heavy atom. The number of hydrogen-bond acceptors (Lipinski definition) is 8. The maximum atomic E-state index is 11.7. The van der Waals surface area contributed by atoms with Crippen molar-refractivity contribution in [1.82, 2.24) is 19.5 Å². The van der Waals surface area contributed by atoms with Crippen molar-refractivity contribution in [1.29, 1.82) is 0 Å². The maximum Gasteiger partial charge on any atom is 0.280 e. The van der Waals surface area contributed by atoms with Gasteiger partial charge < -0.3 is 25.8 Å². The average Bonchev–Trinajstić information content (AvgIpc) is 2.93. The first-order chi connectivity index (χ1) is 9.52. The van der Waals surface area contributed by atoms with E-state index in [9.17, 15) is 15.0 Å². The Kier molecular flexibility index (Phi) is 2.94. The van der Waals surface area contributed by atoms with Crippen LogP contribution in [0.4, 0.5) is 5.95 Å². The number of H-pyrrole nitrogens is 1. The summed E-state index contributed by atoms with van der Waals surface area (Å²) in [4.78, 5) is 21.8. The number of nitrogen functional groups attached to an aromatic ring is 1. The Labute approximate surface area is 111 Å². The number of aliphatic hydroxyl groups excluding tert-OH is 3. The molecule has 2 aromatic heterocycles. The molecule has 0 spiro atoms. The molecule has 1 fully saturated rings. The Morgan fingerprint density at radius 3 is 2.85 bits per heavy atom. The first-order valence-electron chi connectivity index (χ1n) is 5.87. The number of ether oxygens (including phenoxy) is 1. The number of nitrogens with two attached hydrogens (primary N) is 1. The highest BCUT2D eigenvalue weighted by molar-refractivity contribution is 5.70. The molecule has 0 saturated carbocycles. The predicted molar refractivity (Wildman–Crippen MR) is 65.6 cm³/mol. The van der Waals surface area contributed by atoms with E-state index in [1.165, 1.54) is 10.9 Å². The highest BCUT2D eigenvalue weighted by atomic mass is 16.6. The Morgan fingerprint density at radius 1 is 1.45 bits per heavy atom. The number of nitrogens with zero attached hydrogens (tertiary/aromatic N) is 3. The lowest BCUT2D eigenvalue weighted by atomic mass is 10.1. The number of anilines is 1. The fourth-order valence-electron chi connectivity index (χ4n) is 2.24. The van der Waals surface area contributed by atoms with Crippen molar-refractivity contribution in [3.63, 3.8) is 0 Å². The molecule has 0 unspecified atom stereocenters. The van der Waals surface area contributed by atoms with E-state index in [0.29, 0.717) is 0 Å². The number of aliphatic hydroxyl groups is 3. The molecule has 108 valence electrons. The van der Waals surface area contributed by atoms with Gasteiger partial charge in [0.2, 0.25) is 5.95 Å². The monoisotopic (exact) mass is 283 g/mol. The molecule has 1 aliphatic rings. The molecule has 10 nitrogen and oxygen atoms in total. The second-order valence-electron chi connectivity index (χ2n) is 4.50. The van der Waals surface area contributed by atoms with Gasteiger partial charge in [0.15, 0.2) is 17.4 Å². The zero-order valence-electron chi connectivity index (χ0n) is 10.2. The second kappa shape index (κ2) is 4.52. The van der Waals surface area contributed by atoms with Crippen molar-refractivity contribution >= 4 is 17.1 Å². The van der Waals surface area contributed by atoms with Crippen LogP contribution in [0.3, 0.4) is 0 Å². The maximum absolute atomic E-state index is 11.7. The van der Waals surface area contributed by atoms with Crippen molar-refractivity contribution < 1.29 is 20.1 Å². The van der Waals surface area contributed by atoms with Crippen LogP contribution in [0.2, 0.25) is 0 Å². The van der Waals surface area contributed by atoms with Crippen molar-refractivity contribution in [3.8, 4) is 0 Å². The van der Waals surface area contributed by atoms with Crippen molar-refractivity contribution in [2.24, 2.45) is 0 Å². The van der Waals surface area contributed by atoms with E-state index < -0.39 is 36.7 Å². The first kappa shape index (κ1) is 13.0. The van der Waals surface area contributed by atoms with Crippen LogP contribution in [0.1, 0.15) is 6.23 Å². The summed E-state index contributed by atoms with van der Waals surface area (Å²) >= 11 is 0. The average molecular weight is 283 g/mol. The SMILES string of the molecule is Nc1nc2c(ncn2[C@@H]2O[C@@H](CO)[C@@H](O)[C@H]2O)c(=O)[nH]1. The number of nitrogens with one attached hydrogen (secondary N) is 1. The highest BCUT2D eigenvalue weighted by Gasteiger charge is 2.44. The van der Waals surface area contributed by atoms with Crippen molar-refractivity contribution in [3.05, 3.63) is 16.7 Å². The van der Waals surface area contributed by atoms with Crippen LogP contribution in [0.5, 0.6) is 0 Å². The molecule has 10 heteroatoms. The Hall–Kier alpha value is -2.01. The summed E-state index contributed by atoms with van der Waals surface area (Å²) in [6.45, 7) is -0.447. The van der Waals surface area contributed by atoms with Gasteiger partial charge in [-0.25, -0.2) is 4.98 Å². The lowest BCUT2D eigenvalue weighted by Gasteiger charge is -2.16. The summed E-state index contributed by atoms with van der Waals surface area (Å²) in [7, 11) is 0. The smallest absolute Gasteiger partial charge is 0.280 e. The molecule has 1 aliphatic heterocycles. The van der Waals surface area contributed by atoms with Gasteiger partial charge in [0.1, 0.15) is 18.3 Å². The van der Waals surface area contributed by atoms with Gasteiger partial charge in [-0.2, -0.15) is 4.98 Å². The van der Waals surface area contributed by atoms with Gasteiger partial charge in [0.05, 0.1) is 12.9 Å². The molecular formula is C10H13N5O5. The van der Waals surface area contributed by atoms with E-state index in [4.69, 9.17) is 15.6 Å². The number of aromatic nitrogens is 4. The topological polar surface area (TPSA) is 160 Å². The Bertz CT molecular complexity index is 697. The molecule has 0 aromatic carbocycles. The quantitative estimate of drug-likeness (QED) is 0.398. The minimum atomic E-state index is -1.29. The van der Waals surface area contributed by atoms with E-state index in [0.717, 1.165) is 0 Å². The van der Waals surface area contributed by atoms with Gasteiger partial charge in [0, 0.05) is 0 Å². The first-order valence-corrected chi connectivity index (χ1v) is 5.87. The summed E-state index contributed by atoms with van der Waals surface area (Å²) in [6.07, 6.45) is -3.21. The summed E-state index contributed by atoms with van der Waals surface area (Å²) in [5, 5.41) is 28.7. The fourth-order valence-corrected chi connectivity index (χ4v) is 2.24. The third kappa shape index (κ3) is 1.78. The third-order valence-electron chi connectivity index (χ3n) is 3.24. The third-order valence-corrected chi connectivity index (χ3v) is 3.24. The Balaban J connectivity index is 2.09. The van der Waals surface area contributed by atoms with Crippen LogP contribution in [0, 0.1) is 0 Å². The van der Waals surface area contributed by atoms with E-state index >= 15 is 0 Å². The lowest BCUT2D eigenvalue weighted by molar-refractivity contribution is -0.0511. The van der Waals surface area contributed by atoms with E-state index in [-0.39, 0.29) is 17.1 Å². The summed E-state index contributed by atoms with van der Waals surface area (Å²) in [6, 6.07) is 0. The predicted octanol–water partition coefficient (Wildman–Crippen LogP) is -2.69. The second-order valence-corrected chi connectivity index (χ2v) is 4.50. The molecule has 6 N–H and O–H groups in total. The van der Waals surface area contributed by atoms with Crippen molar-refractivity contribution in [2.75, 3.05) is 12.3 Å². The van der Waals surface area contributed by atoms with Gasteiger partial charge in [-0.15, -0.1) is 0 Å². The normalized spacial score (nSPS) is 30.1. The molecule has 2 aromatic rings. The van der Waals surface area contributed by atoms with Gasteiger partial charge >= 0.3 is 0 Å². The van der Waals surface area contributed by atoms with Crippen molar-refractivity contribution in [2.45, 2.75) is 24.5 Å². The van der Waals surface area contributed by atoms with Crippen LogP contribution >= 0.6 is 0 Å². The van der Waals surface area contributed by atoms with E-state index in [2.05, 4.69) is 15.0 Å². The molecule has 0 aliphatic carbocycles. The van der Waals surface area contributed by atoms with Gasteiger partial charge in [0.25, 0.3) is 5.56 Å². The van der Waals surface area contributed by atoms with Crippen LogP contribution in [0.15, 0.2) is 11.1 Å².